The van der Waals surface area contributed by atoms with Crippen LogP contribution in [0.25, 0.3) is 0 Å². The topological polar surface area (TPSA) is 68.8 Å². The highest BCUT2D eigenvalue weighted by molar-refractivity contribution is 6.31. The fourth-order valence-corrected chi connectivity index (χ4v) is 2.59. The summed E-state index contributed by atoms with van der Waals surface area (Å²) in [4.78, 5) is 4.31. The van der Waals surface area contributed by atoms with Crippen LogP contribution in [0.15, 0.2) is 18.3 Å². The summed E-state index contributed by atoms with van der Waals surface area (Å²) < 4.78 is 1.92. The summed E-state index contributed by atoms with van der Waals surface area (Å²) in [6, 6.07) is 3.90. The van der Waals surface area contributed by atoms with Crippen molar-refractivity contribution in [3.8, 4) is 0 Å². The van der Waals surface area contributed by atoms with E-state index in [0.29, 0.717) is 11.4 Å². The van der Waals surface area contributed by atoms with E-state index in [9.17, 15) is 0 Å². The van der Waals surface area contributed by atoms with Gasteiger partial charge in [0, 0.05) is 24.9 Å². The number of nitrogens with two attached hydrogens (primary N) is 1. The van der Waals surface area contributed by atoms with Crippen molar-refractivity contribution in [2.75, 3.05) is 0 Å². The van der Waals surface area contributed by atoms with Crippen LogP contribution in [-0.2, 0) is 13.0 Å². The van der Waals surface area contributed by atoms with E-state index in [0.717, 1.165) is 29.2 Å². The Morgan fingerprint density at radius 3 is 2.75 bits per heavy atom. The molecule has 0 aliphatic carbocycles. The maximum Gasteiger partial charge on any atom is 0.0847 e. The highest BCUT2D eigenvalue weighted by atomic mass is 35.5. The van der Waals surface area contributed by atoms with Crippen LogP contribution in [0.3, 0.4) is 0 Å². The number of pyridine rings is 1. The molecule has 1 atom stereocenters. The zero-order valence-corrected chi connectivity index (χ0v) is 12.8. The number of hydrogen-bond donors (Lipinski definition) is 2. The second-order valence-electron chi connectivity index (χ2n) is 4.76. The van der Waals surface area contributed by atoms with E-state index < -0.39 is 0 Å². The van der Waals surface area contributed by atoms with Crippen LogP contribution in [0.4, 0.5) is 0 Å². The van der Waals surface area contributed by atoms with E-state index in [-0.39, 0.29) is 6.04 Å². The summed E-state index contributed by atoms with van der Waals surface area (Å²) in [5.74, 6) is 5.72. The maximum atomic E-state index is 6.35. The molecule has 0 radical (unpaired) electrons. The van der Waals surface area contributed by atoms with Crippen molar-refractivity contribution < 1.29 is 0 Å². The Kier molecular flexibility index (Phi) is 4.75. The van der Waals surface area contributed by atoms with Crippen molar-refractivity contribution in [3.63, 3.8) is 0 Å². The van der Waals surface area contributed by atoms with Crippen LogP contribution >= 0.6 is 11.6 Å². The molecule has 0 fully saturated rings. The number of halogens is 1. The van der Waals surface area contributed by atoms with Gasteiger partial charge in [-0.15, -0.1) is 0 Å². The van der Waals surface area contributed by atoms with E-state index in [1.807, 2.05) is 37.6 Å². The summed E-state index contributed by atoms with van der Waals surface area (Å²) in [5, 5.41) is 5.15. The number of aromatic nitrogens is 3. The summed E-state index contributed by atoms with van der Waals surface area (Å²) >= 11 is 6.35. The van der Waals surface area contributed by atoms with Gasteiger partial charge in [-0.05, 0) is 32.4 Å². The molecule has 0 saturated heterocycles. The smallest absolute Gasteiger partial charge is 0.0847 e. The average Bonchev–Trinajstić information content (AvgIpc) is 2.73. The van der Waals surface area contributed by atoms with Gasteiger partial charge in [0.25, 0.3) is 0 Å². The van der Waals surface area contributed by atoms with E-state index in [1.54, 1.807) is 6.20 Å². The van der Waals surface area contributed by atoms with Gasteiger partial charge in [0.1, 0.15) is 0 Å². The Balaban J connectivity index is 2.34. The quantitative estimate of drug-likeness (QED) is 0.656. The Morgan fingerprint density at radius 2 is 2.15 bits per heavy atom. The minimum atomic E-state index is -0.0393. The molecule has 0 bridgehead atoms. The van der Waals surface area contributed by atoms with Crippen LogP contribution in [0.2, 0.25) is 5.02 Å². The van der Waals surface area contributed by atoms with Gasteiger partial charge in [0.05, 0.1) is 22.5 Å². The van der Waals surface area contributed by atoms with Gasteiger partial charge in [-0.1, -0.05) is 17.7 Å². The molecule has 6 heteroatoms. The maximum absolute atomic E-state index is 6.35. The first-order chi connectivity index (χ1) is 9.58. The van der Waals surface area contributed by atoms with Crippen molar-refractivity contribution >= 4 is 11.6 Å². The molecule has 0 amide bonds. The molecule has 108 valence electrons. The van der Waals surface area contributed by atoms with Gasteiger partial charge < -0.3 is 0 Å². The summed E-state index contributed by atoms with van der Waals surface area (Å²) in [5.41, 5.74) is 6.74. The fraction of sp³-hybridized carbons (Fsp3) is 0.429. The monoisotopic (exact) mass is 293 g/mol. The van der Waals surface area contributed by atoms with E-state index in [4.69, 9.17) is 17.4 Å². The van der Waals surface area contributed by atoms with Crippen molar-refractivity contribution in [1.82, 2.24) is 20.2 Å². The van der Waals surface area contributed by atoms with Crippen LogP contribution in [0, 0.1) is 13.8 Å². The largest absolute Gasteiger partial charge is 0.271 e. The number of hydrazine groups is 1. The van der Waals surface area contributed by atoms with Crippen LogP contribution in [0.5, 0.6) is 0 Å². The second kappa shape index (κ2) is 6.35. The van der Waals surface area contributed by atoms with Gasteiger partial charge in [-0.2, -0.15) is 5.10 Å². The van der Waals surface area contributed by atoms with Crippen molar-refractivity contribution in [2.24, 2.45) is 5.84 Å². The van der Waals surface area contributed by atoms with Gasteiger partial charge in [-0.3, -0.25) is 20.9 Å². The summed E-state index contributed by atoms with van der Waals surface area (Å²) in [6.45, 7) is 6.72. The fourth-order valence-electron chi connectivity index (χ4n) is 2.38. The number of hydrogen-bond acceptors (Lipinski definition) is 4. The normalized spacial score (nSPS) is 12.7. The zero-order valence-electron chi connectivity index (χ0n) is 12.0. The third-order valence-corrected chi connectivity index (χ3v) is 3.97. The molecule has 0 aromatic carbocycles. The van der Waals surface area contributed by atoms with Crippen molar-refractivity contribution in [2.45, 2.75) is 39.8 Å². The Labute approximate surface area is 124 Å². The van der Waals surface area contributed by atoms with E-state index in [1.165, 1.54) is 0 Å². The lowest BCUT2D eigenvalue weighted by molar-refractivity contribution is 0.513. The van der Waals surface area contributed by atoms with Gasteiger partial charge in [0.2, 0.25) is 0 Å². The molecule has 1 unspecified atom stereocenters. The first kappa shape index (κ1) is 15.0. The highest BCUT2D eigenvalue weighted by Crippen LogP contribution is 2.26. The molecule has 2 rings (SSSR count). The summed E-state index contributed by atoms with van der Waals surface area (Å²) in [7, 11) is 0. The third kappa shape index (κ3) is 2.85. The minimum absolute atomic E-state index is 0.0393. The van der Waals surface area contributed by atoms with Crippen LogP contribution < -0.4 is 11.3 Å². The lowest BCUT2D eigenvalue weighted by Crippen LogP contribution is -2.31. The predicted octanol–water partition coefficient (Wildman–Crippen LogP) is 2.32. The average molecular weight is 294 g/mol. The summed E-state index contributed by atoms with van der Waals surface area (Å²) in [6.07, 6.45) is 2.45. The Bertz CT molecular complexity index is 593. The highest BCUT2D eigenvalue weighted by Gasteiger charge is 2.19. The van der Waals surface area contributed by atoms with Crippen LogP contribution in [0.1, 0.15) is 35.6 Å². The molecular weight excluding hydrogens is 274 g/mol. The minimum Gasteiger partial charge on any atom is -0.271 e. The molecule has 0 spiro atoms. The predicted molar refractivity (Wildman–Crippen MR) is 80.4 cm³/mol. The molecular formula is C14H20ClN5. The molecule has 2 aromatic rings. The molecule has 0 aliphatic heterocycles. The molecule has 0 saturated carbocycles. The van der Waals surface area contributed by atoms with Gasteiger partial charge in [0.15, 0.2) is 0 Å². The molecule has 20 heavy (non-hydrogen) atoms. The van der Waals surface area contributed by atoms with Gasteiger partial charge >= 0.3 is 0 Å². The van der Waals surface area contributed by atoms with E-state index >= 15 is 0 Å². The van der Waals surface area contributed by atoms with Gasteiger partial charge in [-0.25, -0.2) is 0 Å². The number of nitrogens with one attached hydrogen (secondary N) is 1. The molecule has 2 heterocycles. The third-order valence-electron chi connectivity index (χ3n) is 3.47. The SMILES string of the molecule is CCn1nc(C)c(Cl)c1CC(NN)c1cccnc1C. The molecule has 5 nitrogen and oxygen atoms in total. The molecule has 3 N–H and O–H groups in total. The van der Waals surface area contributed by atoms with Crippen molar-refractivity contribution in [1.29, 1.82) is 0 Å². The standard InChI is InChI=1S/C14H20ClN5/c1-4-20-13(14(15)10(3)19-20)8-12(18-16)11-6-5-7-17-9(11)2/h5-7,12,18H,4,8,16H2,1-3H3. The molecule has 2 aromatic heterocycles. The lowest BCUT2D eigenvalue weighted by atomic mass is 10.0. The first-order valence-electron chi connectivity index (χ1n) is 6.67. The van der Waals surface area contributed by atoms with Crippen LogP contribution in [-0.4, -0.2) is 14.8 Å². The lowest BCUT2D eigenvalue weighted by Gasteiger charge is -2.18. The number of rotatable bonds is 5. The Morgan fingerprint density at radius 1 is 1.40 bits per heavy atom. The second-order valence-corrected chi connectivity index (χ2v) is 5.14. The Hall–Kier alpha value is -1.43. The zero-order chi connectivity index (χ0) is 14.7. The first-order valence-corrected chi connectivity index (χ1v) is 7.05. The number of aryl methyl sites for hydroxylation is 3. The number of nitrogens with zero attached hydrogens (tertiary/aromatic N) is 3. The van der Waals surface area contributed by atoms with E-state index in [2.05, 4.69) is 15.5 Å². The molecule has 0 aliphatic rings. The van der Waals surface area contributed by atoms with Crippen molar-refractivity contribution in [3.05, 3.63) is 46.0 Å².